The quantitative estimate of drug-likeness (QED) is 0.268. The monoisotopic (exact) mass is 586 g/mol. The zero-order chi connectivity index (χ0) is 30.5. The second-order valence-electron chi connectivity index (χ2n) is 9.38. The summed E-state index contributed by atoms with van der Waals surface area (Å²) < 4.78 is 5.91. The Morgan fingerprint density at radius 3 is 1.57 bits per heavy atom. The summed E-state index contributed by atoms with van der Waals surface area (Å²) in [6.07, 6.45) is 3.99. The molecule has 0 unspecified atom stereocenters. The summed E-state index contributed by atoms with van der Waals surface area (Å²) in [6, 6.07) is 5.69. The predicted octanol–water partition coefficient (Wildman–Crippen LogP) is 3.40. The molecule has 0 atom stereocenters. The molecule has 0 radical (unpaired) electrons. The van der Waals surface area contributed by atoms with E-state index in [-0.39, 0.29) is 34.4 Å². The summed E-state index contributed by atoms with van der Waals surface area (Å²) in [7, 11) is 0. The van der Waals surface area contributed by atoms with Crippen LogP contribution in [0.25, 0.3) is 22.9 Å². The van der Waals surface area contributed by atoms with E-state index in [0.717, 1.165) is 0 Å². The van der Waals surface area contributed by atoms with Crippen LogP contribution < -0.4 is 0 Å². The van der Waals surface area contributed by atoms with Crippen molar-refractivity contribution in [2.45, 2.75) is 27.7 Å². The highest BCUT2D eigenvalue weighted by Gasteiger charge is 2.20. The van der Waals surface area contributed by atoms with E-state index in [1.165, 1.54) is 28.1 Å². The zero-order valence-electron chi connectivity index (χ0n) is 23.4. The molecule has 0 aliphatic carbocycles. The lowest BCUT2D eigenvalue weighted by Gasteiger charge is -2.06. The summed E-state index contributed by atoms with van der Waals surface area (Å²) in [5, 5.41) is 68.3. The Bertz CT molecular complexity index is 2200. The van der Waals surface area contributed by atoms with E-state index in [0.29, 0.717) is 45.7 Å². The van der Waals surface area contributed by atoms with Crippen LogP contribution in [0, 0.1) is 50.4 Å². The van der Waals surface area contributed by atoms with Crippen LogP contribution in [0.4, 0.5) is 23.0 Å². The Kier molecular flexibility index (Phi) is 5.81. The number of aromatic amines is 2. The maximum absolute atomic E-state index is 9.74. The van der Waals surface area contributed by atoms with Crippen LogP contribution in [0.15, 0.2) is 45.2 Å². The molecule has 44 heavy (non-hydrogen) atoms. The second-order valence-corrected chi connectivity index (χ2v) is 9.38. The molecule has 0 aliphatic heterocycles. The molecule has 7 aromatic heterocycles. The highest BCUT2D eigenvalue weighted by atomic mass is 15.4. The number of nitriles is 2. The van der Waals surface area contributed by atoms with Crippen molar-refractivity contribution in [2.75, 3.05) is 0 Å². The minimum Gasteiger partial charge on any atom is -0.258 e. The van der Waals surface area contributed by atoms with Gasteiger partial charge in [0.05, 0.1) is 23.8 Å². The van der Waals surface area contributed by atoms with E-state index < -0.39 is 0 Å². The third-order valence-corrected chi connectivity index (χ3v) is 6.61. The van der Waals surface area contributed by atoms with Gasteiger partial charge in [0.15, 0.2) is 45.9 Å². The molecule has 214 valence electrons. The van der Waals surface area contributed by atoms with Gasteiger partial charge in [-0.1, -0.05) is 0 Å². The minimum atomic E-state index is 0.126. The molecule has 2 N–H and O–H groups in total. The first-order chi connectivity index (χ1) is 21.4. The number of hydrogen-bond donors (Lipinski definition) is 2. The van der Waals surface area contributed by atoms with Crippen molar-refractivity contribution in [3.63, 3.8) is 0 Å². The van der Waals surface area contributed by atoms with Gasteiger partial charge in [-0.05, 0) is 27.7 Å². The number of fused-ring (bicyclic) bond motifs is 2. The van der Waals surface area contributed by atoms with Gasteiger partial charge in [-0.2, -0.15) is 59.5 Å². The maximum Gasteiger partial charge on any atom is 0.197 e. The normalized spacial score (nSPS) is 11.9. The van der Waals surface area contributed by atoms with Crippen LogP contribution in [0.5, 0.6) is 0 Å². The topological polar surface area (TPSA) is 250 Å². The molecule has 7 heterocycles. The third kappa shape index (κ3) is 3.98. The molecule has 7 rings (SSSR count). The number of azo groups is 2. The maximum atomic E-state index is 9.74. The average Bonchev–Trinajstić information content (AvgIpc) is 3.87. The highest BCUT2D eigenvalue weighted by molar-refractivity contribution is 5.67. The van der Waals surface area contributed by atoms with E-state index in [1.807, 2.05) is 0 Å². The van der Waals surface area contributed by atoms with Crippen LogP contribution in [-0.2, 0) is 0 Å². The molecule has 0 bridgehead atoms. The predicted molar refractivity (Wildman–Crippen MR) is 148 cm³/mol. The third-order valence-electron chi connectivity index (χ3n) is 6.61. The van der Waals surface area contributed by atoms with E-state index in [9.17, 15) is 10.5 Å². The molecule has 0 spiro atoms. The lowest BCUT2D eigenvalue weighted by Crippen LogP contribution is -2.05. The van der Waals surface area contributed by atoms with Crippen molar-refractivity contribution in [3.05, 3.63) is 59.0 Å². The number of hydrogen-bond acceptors (Lipinski definition) is 14. The average molecular weight is 587 g/mol. The SMILES string of the molecule is Cc1nn2c(C)n[nH]c2c1N=Nc1c(C#N)cnn1-c1cc(-n2ncc(C#N)c2N=Nc2c(C)nn3c(C)n[nH]c23)ncn1. The van der Waals surface area contributed by atoms with Crippen LogP contribution >= 0.6 is 0 Å². The van der Waals surface area contributed by atoms with Crippen molar-refractivity contribution >= 4 is 34.3 Å². The van der Waals surface area contributed by atoms with Crippen LogP contribution in [0.2, 0.25) is 0 Å². The summed E-state index contributed by atoms with van der Waals surface area (Å²) in [5.74, 6) is 2.06. The standard InChI is InChI=1S/C24H18N20/c1-11-19(23-37-31-13(3)41(23)39-11)33-35-21-15(6-25)8-29-43(21)17-5-18(28-10-27-17)44-22(16(7-26)9-30-44)36-34-20-12(2)40-42-14(4)32-38-24(20)42/h5,8-10,37-38H,1-4H3. The van der Waals surface area contributed by atoms with Crippen LogP contribution in [-0.4, -0.2) is 69.2 Å². The Labute approximate surface area is 245 Å². The van der Waals surface area contributed by atoms with Gasteiger partial charge in [0.2, 0.25) is 0 Å². The molecular weight excluding hydrogens is 568 g/mol. The molecule has 0 amide bonds. The zero-order valence-corrected chi connectivity index (χ0v) is 23.4. The van der Waals surface area contributed by atoms with Gasteiger partial charge in [-0.25, -0.2) is 9.97 Å². The molecule has 20 heteroatoms. The van der Waals surface area contributed by atoms with Gasteiger partial charge in [-0.15, -0.1) is 20.5 Å². The second kappa shape index (κ2) is 9.85. The molecule has 0 saturated carbocycles. The van der Waals surface area contributed by atoms with E-state index >= 15 is 0 Å². The Morgan fingerprint density at radius 2 is 1.14 bits per heavy atom. The Hall–Kier alpha value is -6.96. The van der Waals surface area contributed by atoms with Crippen LogP contribution in [0.3, 0.4) is 0 Å². The number of rotatable bonds is 6. The van der Waals surface area contributed by atoms with Crippen molar-refractivity contribution in [1.29, 1.82) is 10.5 Å². The number of aryl methyl sites for hydroxylation is 4. The summed E-state index contributed by atoms with van der Waals surface area (Å²) >= 11 is 0. The van der Waals surface area contributed by atoms with E-state index in [2.05, 4.69) is 83.4 Å². The van der Waals surface area contributed by atoms with Crippen molar-refractivity contribution in [3.8, 4) is 23.8 Å². The first kappa shape index (κ1) is 26.0. The highest BCUT2D eigenvalue weighted by Crippen LogP contribution is 2.31. The summed E-state index contributed by atoms with van der Waals surface area (Å²) in [4.78, 5) is 8.63. The molecule has 20 nitrogen and oxygen atoms in total. The molecule has 0 fully saturated rings. The molecule has 0 saturated heterocycles. The first-order valence-corrected chi connectivity index (χ1v) is 12.8. The van der Waals surface area contributed by atoms with Gasteiger partial charge in [-0.3, -0.25) is 10.2 Å². The number of nitrogens with one attached hydrogen (secondary N) is 2. The minimum absolute atomic E-state index is 0.126. The largest absolute Gasteiger partial charge is 0.258 e. The Morgan fingerprint density at radius 1 is 0.682 bits per heavy atom. The smallest absolute Gasteiger partial charge is 0.197 e. The van der Waals surface area contributed by atoms with Crippen LogP contribution in [0.1, 0.15) is 34.2 Å². The van der Waals surface area contributed by atoms with Gasteiger partial charge in [0, 0.05) is 6.07 Å². The molecule has 0 aromatic carbocycles. The van der Waals surface area contributed by atoms with Crippen molar-refractivity contribution in [2.24, 2.45) is 20.5 Å². The fourth-order valence-electron chi connectivity index (χ4n) is 4.44. The summed E-state index contributed by atoms with van der Waals surface area (Å²) in [5.41, 5.74) is 3.57. The number of H-pyrrole nitrogens is 2. The Balaban J connectivity index is 1.28. The number of nitrogens with zero attached hydrogens (tertiary/aromatic N) is 18. The van der Waals surface area contributed by atoms with Gasteiger partial charge < -0.3 is 0 Å². The molecule has 0 aliphatic rings. The van der Waals surface area contributed by atoms with Gasteiger partial charge in [0.25, 0.3) is 0 Å². The number of aromatic nitrogens is 14. The lowest BCUT2D eigenvalue weighted by atomic mass is 10.3. The summed E-state index contributed by atoms with van der Waals surface area (Å²) in [6.45, 7) is 7.18. The van der Waals surface area contributed by atoms with E-state index in [4.69, 9.17) is 0 Å². The van der Waals surface area contributed by atoms with Crippen molar-refractivity contribution in [1.82, 2.24) is 69.2 Å². The fraction of sp³-hybridized carbons (Fsp3) is 0.167. The lowest BCUT2D eigenvalue weighted by molar-refractivity contribution is 0.798. The fourth-order valence-corrected chi connectivity index (χ4v) is 4.44. The molecule has 7 aromatic rings. The van der Waals surface area contributed by atoms with Crippen molar-refractivity contribution < 1.29 is 0 Å². The molecular formula is C24H18N20. The van der Waals surface area contributed by atoms with Gasteiger partial charge in [0.1, 0.15) is 41.2 Å². The van der Waals surface area contributed by atoms with E-state index in [1.54, 1.807) is 42.8 Å². The van der Waals surface area contributed by atoms with Gasteiger partial charge >= 0.3 is 0 Å². The first-order valence-electron chi connectivity index (χ1n) is 12.8.